The Morgan fingerprint density at radius 2 is 0.800 bits per heavy atom. The van der Waals surface area contributed by atoms with Crippen molar-refractivity contribution in [3.63, 3.8) is 0 Å². The molecule has 0 spiro atoms. The molecule has 55 heavy (non-hydrogen) atoms. The Bertz CT molecular complexity index is 2680. The fraction of sp³-hybridized carbons (Fsp3) is 0.111. The van der Waals surface area contributed by atoms with Gasteiger partial charge in [-0.05, 0) is 91.5 Å². The van der Waals surface area contributed by atoms with E-state index in [1.54, 1.807) is 0 Å². The summed E-state index contributed by atoms with van der Waals surface area (Å²) in [5, 5.41) is 0. The second-order valence-electron chi connectivity index (χ2n) is 16.1. The molecule has 2 aliphatic rings. The molecular formula is C54H43N. The van der Waals surface area contributed by atoms with Crippen LogP contribution in [0.3, 0.4) is 0 Å². The van der Waals surface area contributed by atoms with Gasteiger partial charge in [-0.25, -0.2) is 0 Å². The molecule has 10 rings (SSSR count). The predicted molar refractivity (Wildman–Crippen MR) is 233 cm³/mol. The first-order valence-electron chi connectivity index (χ1n) is 19.4. The lowest BCUT2D eigenvalue weighted by atomic mass is 9.82. The number of anilines is 3. The van der Waals surface area contributed by atoms with Crippen LogP contribution < -0.4 is 4.90 Å². The lowest BCUT2D eigenvalue weighted by molar-refractivity contribution is 0.660. The summed E-state index contributed by atoms with van der Waals surface area (Å²) in [5.74, 6) is 0. The summed E-state index contributed by atoms with van der Waals surface area (Å²) in [6.45, 7) is 9.51. The first-order valence-corrected chi connectivity index (χ1v) is 19.4. The Morgan fingerprint density at radius 3 is 1.42 bits per heavy atom. The van der Waals surface area contributed by atoms with Crippen LogP contribution in [0.1, 0.15) is 49.9 Å². The normalized spacial score (nSPS) is 14.1. The van der Waals surface area contributed by atoms with Crippen molar-refractivity contribution >= 4 is 17.1 Å². The zero-order valence-electron chi connectivity index (χ0n) is 31.8. The monoisotopic (exact) mass is 705 g/mol. The lowest BCUT2D eigenvalue weighted by Gasteiger charge is -2.34. The molecule has 0 bridgehead atoms. The zero-order valence-corrected chi connectivity index (χ0v) is 31.8. The van der Waals surface area contributed by atoms with Crippen LogP contribution in [0.2, 0.25) is 0 Å². The van der Waals surface area contributed by atoms with E-state index in [1.807, 2.05) is 0 Å². The maximum atomic E-state index is 2.59. The van der Waals surface area contributed by atoms with Gasteiger partial charge in [-0.1, -0.05) is 185 Å². The standard InChI is InChI=1S/C54H43N/c1-53(2)47-28-17-15-26-43(47)51-48(53)29-18-30-50(51)55(40-31-32-42-41-25-14-16-27-46(41)54(3,4)49(42)35-40)52-44(37-21-10-6-11-22-37)33-39(36-19-8-5-9-20-36)34-45(52)38-23-12-7-13-24-38/h5-35H,1-4H3. The molecule has 1 nitrogen and oxygen atoms in total. The highest BCUT2D eigenvalue weighted by Crippen LogP contribution is 2.58. The van der Waals surface area contributed by atoms with Crippen LogP contribution >= 0.6 is 0 Å². The van der Waals surface area contributed by atoms with Gasteiger partial charge in [0, 0.05) is 33.2 Å². The molecule has 2 aliphatic carbocycles. The number of fused-ring (bicyclic) bond motifs is 6. The van der Waals surface area contributed by atoms with Gasteiger partial charge in [-0.2, -0.15) is 0 Å². The molecule has 0 N–H and O–H groups in total. The van der Waals surface area contributed by atoms with Crippen molar-refractivity contribution in [3.8, 4) is 55.6 Å². The van der Waals surface area contributed by atoms with Crippen molar-refractivity contribution in [2.75, 3.05) is 4.90 Å². The zero-order chi connectivity index (χ0) is 37.3. The van der Waals surface area contributed by atoms with E-state index in [2.05, 4.69) is 221 Å². The van der Waals surface area contributed by atoms with Crippen molar-refractivity contribution in [3.05, 3.63) is 210 Å². The maximum Gasteiger partial charge on any atom is 0.0619 e. The molecule has 0 saturated carbocycles. The molecule has 0 radical (unpaired) electrons. The highest BCUT2D eigenvalue weighted by molar-refractivity contribution is 6.04. The lowest BCUT2D eigenvalue weighted by Crippen LogP contribution is -2.18. The summed E-state index contributed by atoms with van der Waals surface area (Å²) in [7, 11) is 0. The molecule has 0 unspecified atom stereocenters. The molecule has 0 aliphatic heterocycles. The fourth-order valence-corrected chi connectivity index (χ4v) is 9.49. The number of nitrogens with zero attached hydrogens (tertiary/aromatic N) is 1. The van der Waals surface area contributed by atoms with Crippen LogP contribution in [0.25, 0.3) is 55.6 Å². The topological polar surface area (TPSA) is 3.24 Å². The van der Waals surface area contributed by atoms with E-state index in [0.717, 1.165) is 5.69 Å². The number of rotatable bonds is 6. The summed E-state index contributed by atoms with van der Waals surface area (Å²) in [6.07, 6.45) is 0. The van der Waals surface area contributed by atoms with Crippen molar-refractivity contribution in [2.45, 2.75) is 38.5 Å². The van der Waals surface area contributed by atoms with Crippen LogP contribution in [-0.2, 0) is 10.8 Å². The molecule has 0 amide bonds. The van der Waals surface area contributed by atoms with Crippen LogP contribution in [-0.4, -0.2) is 0 Å². The first-order chi connectivity index (χ1) is 26.8. The van der Waals surface area contributed by atoms with Crippen molar-refractivity contribution in [1.82, 2.24) is 0 Å². The third-order valence-electron chi connectivity index (χ3n) is 12.3. The highest BCUT2D eigenvalue weighted by atomic mass is 15.2. The molecular weight excluding hydrogens is 663 g/mol. The average Bonchev–Trinajstić information content (AvgIpc) is 3.61. The predicted octanol–water partition coefficient (Wildman–Crippen LogP) is 14.8. The Labute approximate surface area is 325 Å². The maximum absolute atomic E-state index is 2.59. The van der Waals surface area contributed by atoms with Gasteiger partial charge in [0.25, 0.3) is 0 Å². The van der Waals surface area contributed by atoms with Crippen molar-refractivity contribution in [1.29, 1.82) is 0 Å². The summed E-state index contributed by atoms with van der Waals surface area (Å²) < 4.78 is 0. The van der Waals surface area contributed by atoms with E-state index in [0.29, 0.717) is 0 Å². The minimum Gasteiger partial charge on any atom is -0.309 e. The van der Waals surface area contributed by atoms with E-state index in [-0.39, 0.29) is 10.8 Å². The third-order valence-corrected chi connectivity index (χ3v) is 12.3. The second-order valence-corrected chi connectivity index (χ2v) is 16.1. The van der Waals surface area contributed by atoms with E-state index in [9.17, 15) is 0 Å². The van der Waals surface area contributed by atoms with Gasteiger partial charge in [-0.15, -0.1) is 0 Å². The van der Waals surface area contributed by atoms with Crippen LogP contribution in [0.15, 0.2) is 188 Å². The van der Waals surface area contributed by atoms with Gasteiger partial charge >= 0.3 is 0 Å². The second kappa shape index (κ2) is 12.6. The van der Waals surface area contributed by atoms with E-state index in [4.69, 9.17) is 0 Å². The Balaban J connectivity index is 1.35. The van der Waals surface area contributed by atoms with Gasteiger partial charge in [-0.3, -0.25) is 0 Å². The molecule has 1 heteroatoms. The summed E-state index contributed by atoms with van der Waals surface area (Å²) in [6, 6.07) is 69.7. The van der Waals surface area contributed by atoms with Gasteiger partial charge < -0.3 is 4.90 Å². The van der Waals surface area contributed by atoms with E-state index in [1.165, 1.54) is 89.3 Å². The molecule has 264 valence electrons. The largest absolute Gasteiger partial charge is 0.309 e. The Kier molecular flexibility index (Phi) is 7.58. The fourth-order valence-electron chi connectivity index (χ4n) is 9.49. The summed E-state index contributed by atoms with van der Waals surface area (Å²) >= 11 is 0. The van der Waals surface area contributed by atoms with E-state index >= 15 is 0 Å². The number of benzene rings is 8. The molecule has 0 aromatic heterocycles. The third kappa shape index (κ3) is 5.14. The first kappa shape index (κ1) is 33.2. The smallest absolute Gasteiger partial charge is 0.0619 e. The summed E-state index contributed by atoms with van der Waals surface area (Å²) in [4.78, 5) is 2.59. The minimum absolute atomic E-state index is 0.142. The van der Waals surface area contributed by atoms with Crippen LogP contribution in [0.5, 0.6) is 0 Å². The van der Waals surface area contributed by atoms with Gasteiger partial charge in [0.05, 0.1) is 11.4 Å². The molecule has 0 saturated heterocycles. The quantitative estimate of drug-likeness (QED) is 0.166. The van der Waals surface area contributed by atoms with Gasteiger partial charge in [0.2, 0.25) is 0 Å². The van der Waals surface area contributed by atoms with Crippen molar-refractivity contribution in [2.24, 2.45) is 0 Å². The minimum atomic E-state index is -0.150. The van der Waals surface area contributed by atoms with Crippen LogP contribution in [0.4, 0.5) is 17.1 Å². The number of hydrogen-bond acceptors (Lipinski definition) is 1. The molecule has 8 aromatic carbocycles. The molecule has 0 atom stereocenters. The summed E-state index contributed by atoms with van der Waals surface area (Å²) in [5.41, 5.74) is 21.1. The van der Waals surface area contributed by atoms with Crippen molar-refractivity contribution < 1.29 is 0 Å². The van der Waals surface area contributed by atoms with Gasteiger partial charge in [0.1, 0.15) is 0 Å². The highest BCUT2D eigenvalue weighted by Gasteiger charge is 2.40. The molecule has 0 heterocycles. The molecule has 0 fully saturated rings. The Morgan fingerprint density at radius 1 is 0.327 bits per heavy atom. The van der Waals surface area contributed by atoms with Crippen LogP contribution in [0, 0.1) is 0 Å². The number of hydrogen-bond donors (Lipinski definition) is 0. The average molecular weight is 706 g/mol. The SMILES string of the molecule is CC1(C)c2ccccc2-c2ccc(N(c3cccc4c3-c3ccccc3C4(C)C)c3c(-c4ccccc4)cc(-c4ccccc4)cc3-c3ccccc3)cc21. The molecule has 8 aromatic rings. The van der Waals surface area contributed by atoms with Gasteiger partial charge in [0.15, 0.2) is 0 Å². The van der Waals surface area contributed by atoms with E-state index < -0.39 is 0 Å². The Hall–Kier alpha value is -6.44.